The molecule has 1 saturated heterocycles. The molecule has 1 amide bonds. The van der Waals surface area contributed by atoms with E-state index in [1.165, 1.54) is 4.90 Å². The van der Waals surface area contributed by atoms with Crippen molar-refractivity contribution in [2.75, 3.05) is 13.1 Å². The van der Waals surface area contributed by atoms with Gasteiger partial charge >= 0.3 is 5.97 Å². The minimum Gasteiger partial charge on any atom is -0.480 e. The van der Waals surface area contributed by atoms with Gasteiger partial charge in [0.1, 0.15) is 6.04 Å². The monoisotopic (exact) mass is 290 g/mol. The molecular formula is C16H22N2O3. The number of carboxylic acid groups (broad SMARTS) is 1. The number of carbonyl (C=O) groups excluding carboxylic acids is 1. The lowest BCUT2D eigenvalue weighted by Crippen LogP contribution is -2.47. The van der Waals surface area contributed by atoms with Gasteiger partial charge in [0.05, 0.1) is 5.92 Å². The largest absolute Gasteiger partial charge is 0.480 e. The first-order valence-electron chi connectivity index (χ1n) is 7.43. The number of carbonyl (C=O) groups is 2. The molecule has 5 nitrogen and oxygen atoms in total. The zero-order chi connectivity index (χ0) is 15.2. The molecule has 2 atom stereocenters. The first kappa shape index (κ1) is 15.5. The number of nitrogens with two attached hydrogens (primary N) is 1. The van der Waals surface area contributed by atoms with E-state index in [2.05, 4.69) is 0 Å². The molecule has 1 aromatic carbocycles. The van der Waals surface area contributed by atoms with Crippen LogP contribution in [0.1, 0.15) is 37.2 Å². The SMILES string of the molecule is NCC(C(=O)N1CCCCCC1C(=O)O)c1ccccc1. The normalized spacial score (nSPS) is 20.6. The highest BCUT2D eigenvalue weighted by atomic mass is 16.4. The van der Waals surface area contributed by atoms with E-state index in [1.54, 1.807) is 0 Å². The maximum absolute atomic E-state index is 12.8. The van der Waals surface area contributed by atoms with Crippen LogP contribution in [0.4, 0.5) is 0 Å². The number of hydrogen-bond donors (Lipinski definition) is 2. The van der Waals surface area contributed by atoms with Gasteiger partial charge in [-0.05, 0) is 18.4 Å². The van der Waals surface area contributed by atoms with Gasteiger partial charge in [-0.1, -0.05) is 43.2 Å². The molecule has 0 saturated carbocycles. The fourth-order valence-corrected chi connectivity index (χ4v) is 2.89. The predicted octanol–water partition coefficient (Wildman–Crippen LogP) is 1.58. The molecule has 21 heavy (non-hydrogen) atoms. The van der Waals surface area contributed by atoms with Crippen molar-refractivity contribution in [3.8, 4) is 0 Å². The molecule has 5 heteroatoms. The van der Waals surface area contributed by atoms with Crippen molar-refractivity contribution in [3.05, 3.63) is 35.9 Å². The maximum Gasteiger partial charge on any atom is 0.326 e. The molecule has 114 valence electrons. The molecule has 0 aromatic heterocycles. The highest BCUT2D eigenvalue weighted by molar-refractivity contribution is 5.88. The Balaban J connectivity index is 2.24. The Morgan fingerprint density at radius 1 is 1.24 bits per heavy atom. The molecule has 1 aliphatic rings. The first-order valence-corrected chi connectivity index (χ1v) is 7.43. The van der Waals surface area contributed by atoms with Crippen molar-refractivity contribution >= 4 is 11.9 Å². The van der Waals surface area contributed by atoms with Crippen LogP contribution in [-0.4, -0.2) is 41.0 Å². The molecule has 0 aliphatic carbocycles. The van der Waals surface area contributed by atoms with Gasteiger partial charge in [0.15, 0.2) is 0 Å². The van der Waals surface area contributed by atoms with Crippen molar-refractivity contribution in [2.45, 2.75) is 37.6 Å². The summed E-state index contributed by atoms with van der Waals surface area (Å²) in [5.41, 5.74) is 6.62. The van der Waals surface area contributed by atoms with Gasteiger partial charge in [0.25, 0.3) is 0 Å². The standard InChI is InChI=1S/C16H22N2O3/c17-11-13(12-7-3-1-4-8-12)15(19)18-10-6-2-5-9-14(18)16(20)21/h1,3-4,7-8,13-14H,2,5-6,9-11,17H2,(H,20,21). The summed E-state index contributed by atoms with van der Waals surface area (Å²) in [6, 6.07) is 8.61. The Hall–Kier alpha value is -1.88. The molecule has 2 rings (SSSR count). The van der Waals surface area contributed by atoms with Crippen LogP contribution in [0.5, 0.6) is 0 Å². The van der Waals surface area contributed by atoms with Crippen LogP contribution in [-0.2, 0) is 9.59 Å². The molecule has 0 spiro atoms. The van der Waals surface area contributed by atoms with Crippen LogP contribution >= 0.6 is 0 Å². The number of nitrogens with zero attached hydrogens (tertiary/aromatic N) is 1. The third-order valence-electron chi connectivity index (χ3n) is 4.06. The Morgan fingerprint density at radius 3 is 2.57 bits per heavy atom. The van der Waals surface area contributed by atoms with Gasteiger partial charge in [0.2, 0.25) is 5.91 Å². The second-order valence-electron chi connectivity index (χ2n) is 5.43. The topological polar surface area (TPSA) is 83.6 Å². The van der Waals surface area contributed by atoms with Crippen LogP contribution in [0.25, 0.3) is 0 Å². The van der Waals surface area contributed by atoms with Gasteiger partial charge in [-0.15, -0.1) is 0 Å². The van der Waals surface area contributed by atoms with Crippen molar-refractivity contribution in [3.63, 3.8) is 0 Å². The molecule has 1 heterocycles. The molecule has 0 bridgehead atoms. The van der Waals surface area contributed by atoms with E-state index in [0.717, 1.165) is 24.8 Å². The fraction of sp³-hybridized carbons (Fsp3) is 0.500. The molecule has 3 N–H and O–H groups in total. The summed E-state index contributed by atoms with van der Waals surface area (Å²) in [6.45, 7) is 0.685. The van der Waals surface area contributed by atoms with Crippen molar-refractivity contribution in [2.24, 2.45) is 5.73 Å². The summed E-state index contributed by atoms with van der Waals surface area (Å²) in [7, 11) is 0. The Kier molecular flexibility index (Phi) is 5.33. The molecule has 2 unspecified atom stereocenters. The van der Waals surface area contributed by atoms with Crippen LogP contribution in [0.2, 0.25) is 0 Å². The molecular weight excluding hydrogens is 268 g/mol. The number of rotatable bonds is 4. The van der Waals surface area contributed by atoms with Gasteiger partial charge < -0.3 is 15.7 Å². The minimum absolute atomic E-state index is 0.169. The summed E-state index contributed by atoms with van der Waals surface area (Å²) in [4.78, 5) is 25.7. The van der Waals surface area contributed by atoms with Gasteiger partial charge in [-0.2, -0.15) is 0 Å². The zero-order valence-electron chi connectivity index (χ0n) is 12.1. The van der Waals surface area contributed by atoms with E-state index in [4.69, 9.17) is 5.73 Å². The lowest BCUT2D eigenvalue weighted by Gasteiger charge is -2.30. The van der Waals surface area contributed by atoms with Gasteiger partial charge in [-0.25, -0.2) is 4.79 Å². The van der Waals surface area contributed by atoms with Crippen molar-refractivity contribution < 1.29 is 14.7 Å². The van der Waals surface area contributed by atoms with E-state index in [-0.39, 0.29) is 12.5 Å². The van der Waals surface area contributed by atoms with E-state index in [9.17, 15) is 14.7 Å². The maximum atomic E-state index is 12.8. The molecule has 1 aliphatic heterocycles. The third kappa shape index (κ3) is 3.61. The Labute approximate surface area is 124 Å². The summed E-state index contributed by atoms with van der Waals surface area (Å²) in [6.07, 6.45) is 3.18. The lowest BCUT2D eigenvalue weighted by atomic mass is 9.96. The number of carboxylic acids is 1. The second-order valence-corrected chi connectivity index (χ2v) is 5.43. The number of amides is 1. The summed E-state index contributed by atoms with van der Waals surface area (Å²) in [5, 5.41) is 9.38. The molecule has 0 radical (unpaired) electrons. The predicted molar refractivity (Wildman–Crippen MR) is 79.8 cm³/mol. The van der Waals surface area contributed by atoms with Crippen molar-refractivity contribution in [1.82, 2.24) is 4.90 Å². The first-order chi connectivity index (χ1) is 10.1. The average Bonchev–Trinajstić information content (AvgIpc) is 2.74. The van der Waals surface area contributed by atoms with E-state index in [0.29, 0.717) is 13.0 Å². The highest BCUT2D eigenvalue weighted by Crippen LogP contribution is 2.23. The fourth-order valence-electron chi connectivity index (χ4n) is 2.89. The smallest absolute Gasteiger partial charge is 0.326 e. The van der Waals surface area contributed by atoms with Crippen LogP contribution in [0.15, 0.2) is 30.3 Å². The van der Waals surface area contributed by atoms with E-state index in [1.807, 2.05) is 30.3 Å². The second kappa shape index (κ2) is 7.22. The average molecular weight is 290 g/mol. The number of hydrogen-bond acceptors (Lipinski definition) is 3. The van der Waals surface area contributed by atoms with Crippen LogP contribution < -0.4 is 5.73 Å². The summed E-state index contributed by atoms with van der Waals surface area (Å²) >= 11 is 0. The van der Waals surface area contributed by atoms with Gasteiger partial charge in [-0.3, -0.25) is 4.79 Å². The van der Waals surface area contributed by atoms with Crippen molar-refractivity contribution in [1.29, 1.82) is 0 Å². The molecule has 1 fully saturated rings. The number of likely N-dealkylation sites (tertiary alicyclic amines) is 1. The Morgan fingerprint density at radius 2 is 1.95 bits per heavy atom. The van der Waals surface area contributed by atoms with E-state index < -0.39 is 17.9 Å². The lowest BCUT2D eigenvalue weighted by molar-refractivity contribution is -0.150. The summed E-state index contributed by atoms with van der Waals surface area (Å²) in [5.74, 6) is -1.56. The Bertz CT molecular complexity index is 490. The third-order valence-corrected chi connectivity index (χ3v) is 4.06. The molecule has 1 aromatic rings. The minimum atomic E-state index is -0.922. The quantitative estimate of drug-likeness (QED) is 0.882. The number of benzene rings is 1. The highest BCUT2D eigenvalue weighted by Gasteiger charge is 2.34. The summed E-state index contributed by atoms with van der Waals surface area (Å²) < 4.78 is 0. The number of aliphatic carboxylic acids is 1. The van der Waals surface area contributed by atoms with Gasteiger partial charge in [0, 0.05) is 13.1 Å². The van der Waals surface area contributed by atoms with E-state index >= 15 is 0 Å². The zero-order valence-corrected chi connectivity index (χ0v) is 12.1. The van der Waals surface area contributed by atoms with Crippen LogP contribution in [0.3, 0.4) is 0 Å². The van der Waals surface area contributed by atoms with Crippen LogP contribution in [0, 0.1) is 0 Å².